The van der Waals surface area contributed by atoms with Gasteiger partial charge >= 0.3 is 0 Å². The molecule has 0 aliphatic carbocycles. The zero-order chi connectivity index (χ0) is 14.5. The molecule has 3 N–H and O–H groups in total. The van der Waals surface area contributed by atoms with Gasteiger partial charge in [-0.15, -0.1) is 0 Å². The van der Waals surface area contributed by atoms with Gasteiger partial charge in [-0.2, -0.15) is 0 Å². The Kier molecular flexibility index (Phi) is 4.71. The van der Waals surface area contributed by atoms with Crippen molar-refractivity contribution < 1.29 is 14.2 Å². The highest BCUT2D eigenvalue weighted by atomic mass is 19.1. The number of hydrogen-bond donors (Lipinski definition) is 2. The summed E-state index contributed by atoms with van der Waals surface area (Å²) in [6.07, 6.45) is -0.764. The van der Waals surface area contributed by atoms with Gasteiger partial charge in [-0.05, 0) is 18.6 Å². The van der Waals surface area contributed by atoms with Crippen molar-refractivity contribution in [1.29, 1.82) is 0 Å². The number of halogens is 1. The molecule has 0 aliphatic rings. The van der Waals surface area contributed by atoms with E-state index < -0.39 is 11.9 Å². The first-order chi connectivity index (χ1) is 9.58. The molecule has 2 rings (SSSR count). The van der Waals surface area contributed by atoms with Crippen molar-refractivity contribution in [3.05, 3.63) is 65.5 Å². The summed E-state index contributed by atoms with van der Waals surface area (Å²) in [6, 6.07) is 13.2. The van der Waals surface area contributed by atoms with E-state index in [4.69, 9.17) is 10.5 Å². The zero-order valence-corrected chi connectivity index (χ0v) is 11.3. The Morgan fingerprint density at radius 2 is 1.90 bits per heavy atom. The molecule has 2 unspecified atom stereocenters. The van der Waals surface area contributed by atoms with Crippen LogP contribution in [0.15, 0.2) is 48.5 Å². The molecule has 2 aromatic rings. The van der Waals surface area contributed by atoms with Gasteiger partial charge in [0.25, 0.3) is 0 Å². The highest BCUT2D eigenvalue weighted by molar-refractivity contribution is 5.36. The van der Waals surface area contributed by atoms with Crippen LogP contribution >= 0.6 is 0 Å². The third-order valence-corrected chi connectivity index (χ3v) is 3.05. The fourth-order valence-corrected chi connectivity index (χ4v) is 1.95. The summed E-state index contributed by atoms with van der Waals surface area (Å²) in [6.45, 7) is 1.85. The van der Waals surface area contributed by atoms with Crippen LogP contribution in [0.5, 0.6) is 5.75 Å². The summed E-state index contributed by atoms with van der Waals surface area (Å²) in [5.41, 5.74) is 7.29. The summed E-state index contributed by atoms with van der Waals surface area (Å²) < 4.78 is 18.8. The first kappa shape index (κ1) is 14.5. The van der Waals surface area contributed by atoms with Crippen LogP contribution in [0.4, 0.5) is 4.39 Å². The van der Waals surface area contributed by atoms with Crippen molar-refractivity contribution >= 4 is 0 Å². The molecule has 0 amide bonds. The molecular formula is C16H18FNO2. The Bertz CT molecular complexity index is 558. The number of aliphatic hydroxyl groups is 1. The van der Waals surface area contributed by atoms with E-state index in [9.17, 15) is 9.50 Å². The molecule has 2 aromatic carbocycles. The van der Waals surface area contributed by atoms with Gasteiger partial charge in [0, 0.05) is 17.7 Å². The summed E-state index contributed by atoms with van der Waals surface area (Å²) in [4.78, 5) is 0. The maximum atomic E-state index is 13.3. The standard InChI is InChI=1S/C16H18FNO2/c1-11(18)14-8-7-13(17)9-16(14)20-10-15(19)12-5-3-2-4-6-12/h2-9,11,15,19H,10,18H2,1H3. The lowest BCUT2D eigenvalue weighted by molar-refractivity contribution is 0.107. The minimum atomic E-state index is -0.764. The quantitative estimate of drug-likeness (QED) is 0.882. The van der Waals surface area contributed by atoms with Gasteiger partial charge in [-0.25, -0.2) is 4.39 Å². The molecule has 3 nitrogen and oxygen atoms in total. The third-order valence-electron chi connectivity index (χ3n) is 3.05. The van der Waals surface area contributed by atoms with E-state index in [2.05, 4.69) is 0 Å². The zero-order valence-electron chi connectivity index (χ0n) is 11.3. The lowest BCUT2D eigenvalue weighted by Gasteiger charge is -2.17. The van der Waals surface area contributed by atoms with Crippen molar-refractivity contribution in [2.24, 2.45) is 5.73 Å². The highest BCUT2D eigenvalue weighted by Crippen LogP contribution is 2.26. The molecule has 2 atom stereocenters. The van der Waals surface area contributed by atoms with Crippen LogP contribution in [-0.2, 0) is 0 Å². The molecule has 106 valence electrons. The first-order valence-corrected chi connectivity index (χ1v) is 6.48. The van der Waals surface area contributed by atoms with E-state index in [0.717, 1.165) is 5.56 Å². The van der Waals surface area contributed by atoms with Crippen LogP contribution in [0.1, 0.15) is 30.2 Å². The van der Waals surface area contributed by atoms with Crippen LogP contribution in [0.2, 0.25) is 0 Å². The predicted octanol–water partition coefficient (Wildman–Crippen LogP) is 2.96. The van der Waals surface area contributed by atoms with Gasteiger partial charge < -0.3 is 15.6 Å². The number of aliphatic hydroxyl groups excluding tert-OH is 1. The van der Waals surface area contributed by atoms with Crippen molar-refractivity contribution in [2.45, 2.75) is 19.1 Å². The van der Waals surface area contributed by atoms with Gasteiger partial charge in [0.15, 0.2) is 0 Å². The predicted molar refractivity (Wildman–Crippen MR) is 75.9 cm³/mol. The van der Waals surface area contributed by atoms with Crippen molar-refractivity contribution in [3.8, 4) is 5.75 Å². The normalized spacial score (nSPS) is 13.8. The van der Waals surface area contributed by atoms with Crippen molar-refractivity contribution in [3.63, 3.8) is 0 Å². The molecule has 0 heterocycles. The number of hydrogen-bond acceptors (Lipinski definition) is 3. The second-order valence-electron chi connectivity index (χ2n) is 4.71. The van der Waals surface area contributed by atoms with Gasteiger partial charge in [-0.3, -0.25) is 0 Å². The molecule has 0 saturated heterocycles. The summed E-state index contributed by atoms with van der Waals surface area (Å²) in [7, 11) is 0. The van der Waals surface area contributed by atoms with Crippen LogP contribution < -0.4 is 10.5 Å². The Morgan fingerprint density at radius 3 is 2.55 bits per heavy atom. The molecule has 0 radical (unpaired) electrons. The van der Waals surface area contributed by atoms with E-state index in [1.165, 1.54) is 12.1 Å². The second-order valence-corrected chi connectivity index (χ2v) is 4.71. The molecular weight excluding hydrogens is 257 g/mol. The Balaban J connectivity index is 2.09. The fourth-order valence-electron chi connectivity index (χ4n) is 1.95. The largest absolute Gasteiger partial charge is 0.490 e. The number of nitrogens with two attached hydrogens (primary N) is 1. The lowest BCUT2D eigenvalue weighted by Crippen LogP contribution is -2.13. The Morgan fingerprint density at radius 1 is 1.20 bits per heavy atom. The fraction of sp³-hybridized carbons (Fsp3) is 0.250. The van der Waals surface area contributed by atoms with Crippen LogP contribution in [-0.4, -0.2) is 11.7 Å². The molecule has 0 fully saturated rings. The molecule has 0 spiro atoms. The smallest absolute Gasteiger partial charge is 0.127 e. The number of rotatable bonds is 5. The van der Waals surface area contributed by atoms with Gasteiger partial charge in [-0.1, -0.05) is 36.4 Å². The number of ether oxygens (including phenoxy) is 1. The molecule has 0 bridgehead atoms. The lowest BCUT2D eigenvalue weighted by atomic mass is 10.1. The van der Waals surface area contributed by atoms with E-state index >= 15 is 0 Å². The van der Waals surface area contributed by atoms with Gasteiger partial charge in [0.05, 0.1) is 0 Å². The summed E-state index contributed by atoms with van der Waals surface area (Å²) in [5.74, 6) is -0.0198. The van der Waals surface area contributed by atoms with E-state index in [0.29, 0.717) is 11.3 Å². The minimum absolute atomic E-state index is 0.0488. The van der Waals surface area contributed by atoms with E-state index in [1.54, 1.807) is 13.0 Å². The average molecular weight is 275 g/mol. The highest BCUT2D eigenvalue weighted by Gasteiger charge is 2.12. The summed E-state index contributed by atoms with van der Waals surface area (Å²) >= 11 is 0. The topological polar surface area (TPSA) is 55.5 Å². The maximum Gasteiger partial charge on any atom is 0.127 e. The summed E-state index contributed by atoms with van der Waals surface area (Å²) in [5, 5.41) is 10.0. The Hall–Kier alpha value is -1.91. The molecule has 0 aliphatic heterocycles. The average Bonchev–Trinajstić information content (AvgIpc) is 2.45. The molecule has 4 heteroatoms. The monoisotopic (exact) mass is 275 g/mol. The van der Waals surface area contributed by atoms with Gasteiger partial charge in [0.1, 0.15) is 24.3 Å². The third kappa shape index (κ3) is 3.56. The number of benzene rings is 2. The second kappa shape index (κ2) is 6.50. The van der Waals surface area contributed by atoms with Crippen LogP contribution in [0, 0.1) is 5.82 Å². The van der Waals surface area contributed by atoms with Crippen molar-refractivity contribution in [2.75, 3.05) is 6.61 Å². The molecule has 20 heavy (non-hydrogen) atoms. The molecule has 0 saturated carbocycles. The van der Waals surface area contributed by atoms with Crippen molar-refractivity contribution in [1.82, 2.24) is 0 Å². The van der Waals surface area contributed by atoms with E-state index in [-0.39, 0.29) is 12.6 Å². The van der Waals surface area contributed by atoms with Crippen LogP contribution in [0.3, 0.4) is 0 Å². The molecule has 0 aromatic heterocycles. The minimum Gasteiger partial charge on any atom is -0.490 e. The Labute approximate surface area is 117 Å². The van der Waals surface area contributed by atoms with E-state index in [1.807, 2.05) is 30.3 Å². The SMILES string of the molecule is CC(N)c1ccc(F)cc1OCC(O)c1ccccc1. The maximum absolute atomic E-state index is 13.3. The van der Waals surface area contributed by atoms with Crippen LogP contribution in [0.25, 0.3) is 0 Å². The first-order valence-electron chi connectivity index (χ1n) is 6.48. The van der Waals surface area contributed by atoms with Gasteiger partial charge in [0.2, 0.25) is 0 Å².